The van der Waals surface area contributed by atoms with Crippen LogP contribution in [0.2, 0.25) is 0 Å². The molecule has 0 spiro atoms. The molecule has 0 radical (unpaired) electrons. The zero-order valence-electron chi connectivity index (χ0n) is 16.2. The van der Waals surface area contributed by atoms with Crippen LogP contribution in [-0.4, -0.2) is 50.5 Å². The molecule has 0 heterocycles. The number of carbonyl (C=O) groups is 1. The lowest BCUT2D eigenvalue weighted by molar-refractivity contribution is -0.127. The first-order chi connectivity index (χ1) is 11.8. The molecule has 0 aliphatic heterocycles. The van der Waals surface area contributed by atoms with Crippen LogP contribution in [0.1, 0.15) is 31.9 Å². The van der Waals surface area contributed by atoms with Gasteiger partial charge in [0, 0.05) is 32.6 Å². The number of amides is 1. The fourth-order valence-electron chi connectivity index (χ4n) is 2.23. The van der Waals surface area contributed by atoms with E-state index in [0.717, 1.165) is 6.42 Å². The first-order valence-electron chi connectivity index (χ1n) is 8.72. The summed E-state index contributed by atoms with van der Waals surface area (Å²) in [6.07, 6.45) is 2.81. The third-order valence-electron chi connectivity index (χ3n) is 4.13. The summed E-state index contributed by atoms with van der Waals surface area (Å²) in [6.45, 7) is 11.7. The molecular formula is C20H32N4O. The highest BCUT2D eigenvalue weighted by molar-refractivity contribution is 5.84. The number of aliphatic imine (C=N–C) groups is 1. The molecule has 1 aromatic carbocycles. The summed E-state index contributed by atoms with van der Waals surface area (Å²) >= 11 is 0. The third-order valence-corrected chi connectivity index (χ3v) is 4.13. The van der Waals surface area contributed by atoms with E-state index in [0.29, 0.717) is 19.0 Å². The van der Waals surface area contributed by atoms with E-state index < -0.39 is 0 Å². The zero-order chi connectivity index (χ0) is 18.9. The van der Waals surface area contributed by atoms with Crippen LogP contribution in [-0.2, 0) is 16.6 Å². The standard InChI is InChI=1S/C20H32N4O/c1-7-13-21-19(22-14-18(25)24(5)6)23-15-20(3,4)17-11-9-16(8-2)10-12-17/h7,9-12H,1,8,13-15H2,2-6H3,(H2,21,22,23). The van der Waals surface area contributed by atoms with E-state index in [9.17, 15) is 4.79 Å². The maximum Gasteiger partial charge on any atom is 0.243 e. The molecule has 0 saturated heterocycles. The van der Waals surface area contributed by atoms with E-state index in [1.54, 1.807) is 20.2 Å². The van der Waals surface area contributed by atoms with E-state index in [-0.39, 0.29) is 17.9 Å². The number of nitrogens with one attached hydrogen (secondary N) is 2. The van der Waals surface area contributed by atoms with Crippen LogP contribution in [0.5, 0.6) is 0 Å². The van der Waals surface area contributed by atoms with Crippen LogP contribution in [0, 0.1) is 0 Å². The van der Waals surface area contributed by atoms with Crippen LogP contribution >= 0.6 is 0 Å². The summed E-state index contributed by atoms with van der Waals surface area (Å²) in [5.41, 5.74) is 2.54. The van der Waals surface area contributed by atoms with Gasteiger partial charge in [0.1, 0.15) is 6.54 Å². The number of aryl methyl sites for hydroxylation is 1. The highest BCUT2D eigenvalue weighted by Crippen LogP contribution is 2.22. The number of rotatable bonds is 8. The van der Waals surface area contributed by atoms with Gasteiger partial charge < -0.3 is 15.5 Å². The van der Waals surface area contributed by atoms with Crippen LogP contribution in [0.4, 0.5) is 0 Å². The van der Waals surface area contributed by atoms with Gasteiger partial charge in [-0.25, -0.2) is 4.99 Å². The van der Waals surface area contributed by atoms with Crippen molar-refractivity contribution >= 4 is 11.9 Å². The van der Waals surface area contributed by atoms with Gasteiger partial charge in [0.25, 0.3) is 0 Å². The Labute approximate surface area is 152 Å². The predicted molar refractivity (Wildman–Crippen MR) is 106 cm³/mol. The van der Waals surface area contributed by atoms with Gasteiger partial charge in [-0.2, -0.15) is 0 Å². The van der Waals surface area contributed by atoms with Crippen molar-refractivity contribution in [3.05, 3.63) is 48.0 Å². The maximum absolute atomic E-state index is 11.7. The number of hydrogen-bond donors (Lipinski definition) is 2. The molecule has 5 nitrogen and oxygen atoms in total. The molecule has 0 saturated carbocycles. The largest absolute Gasteiger partial charge is 0.356 e. The number of hydrogen-bond acceptors (Lipinski definition) is 2. The summed E-state index contributed by atoms with van der Waals surface area (Å²) in [5.74, 6) is 0.586. The highest BCUT2D eigenvalue weighted by Gasteiger charge is 2.21. The summed E-state index contributed by atoms with van der Waals surface area (Å²) in [7, 11) is 3.45. The van der Waals surface area contributed by atoms with Gasteiger partial charge in [0.15, 0.2) is 5.96 Å². The molecule has 5 heteroatoms. The molecule has 0 unspecified atom stereocenters. The molecule has 1 rings (SSSR count). The maximum atomic E-state index is 11.7. The highest BCUT2D eigenvalue weighted by atomic mass is 16.2. The first-order valence-corrected chi connectivity index (χ1v) is 8.72. The third kappa shape index (κ3) is 6.99. The average molecular weight is 345 g/mol. The molecule has 1 amide bonds. The van der Waals surface area contributed by atoms with Gasteiger partial charge >= 0.3 is 0 Å². The van der Waals surface area contributed by atoms with Crippen LogP contribution in [0.3, 0.4) is 0 Å². The topological polar surface area (TPSA) is 56.7 Å². The van der Waals surface area contributed by atoms with Crippen molar-refractivity contribution < 1.29 is 4.79 Å². The van der Waals surface area contributed by atoms with Crippen molar-refractivity contribution in [2.75, 3.05) is 33.7 Å². The summed E-state index contributed by atoms with van der Waals surface area (Å²) in [6, 6.07) is 8.73. The second-order valence-electron chi connectivity index (χ2n) is 6.91. The van der Waals surface area contributed by atoms with Crippen molar-refractivity contribution in [3.8, 4) is 0 Å². The number of likely N-dealkylation sites (N-methyl/N-ethyl adjacent to an activating group) is 1. The number of carbonyl (C=O) groups excluding carboxylic acids is 1. The molecule has 0 aliphatic rings. The lowest BCUT2D eigenvalue weighted by atomic mass is 9.84. The number of nitrogens with zero attached hydrogens (tertiary/aromatic N) is 2. The van der Waals surface area contributed by atoms with Crippen molar-refractivity contribution in [2.45, 2.75) is 32.6 Å². The minimum Gasteiger partial charge on any atom is -0.356 e. The SMILES string of the molecule is C=CCNC(=NCC(=O)N(C)C)NCC(C)(C)c1ccc(CC)cc1. The Morgan fingerprint density at radius 1 is 1.24 bits per heavy atom. The Morgan fingerprint density at radius 3 is 2.40 bits per heavy atom. The molecule has 1 aromatic rings. The first kappa shape index (κ1) is 20.7. The van der Waals surface area contributed by atoms with Gasteiger partial charge in [-0.15, -0.1) is 6.58 Å². The molecule has 0 atom stereocenters. The van der Waals surface area contributed by atoms with Crippen molar-refractivity contribution in [2.24, 2.45) is 4.99 Å². The van der Waals surface area contributed by atoms with Gasteiger partial charge in [-0.05, 0) is 17.5 Å². The average Bonchev–Trinajstić information content (AvgIpc) is 2.60. The van der Waals surface area contributed by atoms with Gasteiger partial charge in [0.05, 0.1) is 0 Å². The fraction of sp³-hybridized carbons (Fsp3) is 0.500. The van der Waals surface area contributed by atoms with E-state index >= 15 is 0 Å². The molecule has 138 valence electrons. The molecule has 0 bridgehead atoms. The molecule has 25 heavy (non-hydrogen) atoms. The Kier molecular flexibility index (Phi) is 8.19. The van der Waals surface area contributed by atoms with Gasteiger partial charge in [-0.3, -0.25) is 4.79 Å². The van der Waals surface area contributed by atoms with Gasteiger partial charge in [0.2, 0.25) is 5.91 Å². The van der Waals surface area contributed by atoms with Crippen molar-refractivity contribution in [1.29, 1.82) is 0 Å². The Morgan fingerprint density at radius 2 is 1.88 bits per heavy atom. The van der Waals surface area contributed by atoms with Crippen LogP contribution < -0.4 is 10.6 Å². The smallest absolute Gasteiger partial charge is 0.243 e. The molecule has 0 aliphatic carbocycles. The van der Waals surface area contributed by atoms with Gasteiger partial charge in [-0.1, -0.05) is 51.1 Å². The van der Waals surface area contributed by atoms with E-state index in [2.05, 4.69) is 67.2 Å². The lowest BCUT2D eigenvalue weighted by Gasteiger charge is -2.27. The fourth-order valence-corrected chi connectivity index (χ4v) is 2.23. The monoisotopic (exact) mass is 344 g/mol. The van der Waals surface area contributed by atoms with Crippen molar-refractivity contribution in [1.82, 2.24) is 15.5 Å². The second-order valence-corrected chi connectivity index (χ2v) is 6.91. The minimum atomic E-state index is -0.0611. The molecule has 0 fully saturated rings. The molecule has 0 aromatic heterocycles. The van der Waals surface area contributed by atoms with Crippen molar-refractivity contribution in [3.63, 3.8) is 0 Å². The Bertz CT molecular complexity index is 588. The van der Waals surface area contributed by atoms with Crippen LogP contribution in [0.15, 0.2) is 41.9 Å². The van der Waals surface area contributed by atoms with Crippen LogP contribution in [0.25, 0.3) is 0 Å². The van der Waals surface area contributed by atoms with E-state index in [1.165, 1.54) is 16.0 Å². The molecule has 2 N–H and O–H groups in total. The number of benzene rings is 1. The lowest BCUT2D eigenvalue weighted by Crippen LogP contribution is -2.44. The predicted octanol–water partition coefficient (Wildman–Crippen LogP) is 2.34. The Balaban J connectivity index is 2.76. The normalized spacial score (nSPS) is 11.8. The summed E-state index contributed by atoms with van der Waals surface area (Å²) in [4.78, 5) is 17.6. The van der Waals surface area contributed by atoms with E-state index in [4.69, 9.17) is 0 Å². The van der Waals surface area contributed by atoms with E-state index in [1.807, 2.05) is 0 Å². The Hall–Kier alpha value is -2.30. The second kappa shape index (κ2) is 9.87. The molecular weight excluding hydrogens is 312 g/mol. The summed E-state index contributed by atoms with van der Waals surface area (Å²) in [5, 5.41) is 6.49. The zero-order valence-corrected chi connectivity index (χ0v) is 16.2. The quantitative estimate of drug-likeness (QED) is 0.432. The summed E-state index contributed by atoms with van der Waals surface area (Å²) < 4.78 is 0. The number of guanidine groups is 1. The minimum absolute atomic E-state index is 0.0332.